The molecule has 0 saturated carbocycles. The van der Waals surface area contributed by atoms with Gasteiger partial charge in [-0.15, -0.1) is 0 Å². The van der Waals surface area contributed by atoms with E-state index in [1.54, 1.807) is 32.0 Å². The molecule has 0 aliphatic carbocycles. The predicted molar refractivity (Wildman–Crippen MR) is 63.5 cm³/mol. The van der Waals surface area contributed by atoms with Gasteiger partial charge in [0.15, 0.2) is 0 Å². The van der Waals surface area contributed by atoms with E-state index in [0.717, 1.165) is 0 Å². The van der Waals surface area contributed by atoms with E-state index in [1.165, 1.54) is 0 Å². The number of halogens is 1. The fourth-order valence-electron chi connectivity index (χ4n) is 0.909. The highest BCUT2D eigenvalue weighted by atomic mass is 35.5. The second-order valence-corrected chi connectivity index (χ2v) is 6.04. The Hall–Kier alpha value is -0.940. The van der Waals surface area contributed by atoms with Crippen molar-refractivity contribution in [3.8, 4) is 0 Å². The normalized spacial score (nSPS) is 11.7. The number of nitrogens with one attached hydrogen (secondary N) is 1. The molecule has 0 spiro atoms. The van der Waals surface area contributed by atoms with E-state index in [1.807, 2.05) is 0 Å². The summed E-state index contributed by atoms with van der Waals surface area (Å²) in [4.78, 5) is 0. The lowest BCUT2D eigenvalue weighted by Gasteiger charge is -2.13. The van der Waals surface area contributed by atoms with Crippen molar-refractivity contribution < 1.29 is 8.42 Å². The summed E-state index contributed by atoms with van der Waals surface area (Å²) in [5.41, 5.74) is 6.17. The van der Waals surface area contributed by atoms with Gasteiger partial charge in [-0.2, -0.15) is 0 Å². The molecule has 0 radical (unpaired) electrons. The van der Waals surface area contributed by atoms with Crippen molar-refractivity contribution in [2.45, 2.75) is 19.1 Å². The molecule has 1 aromatic carbocycles. The molecular formula is C9H13ClN2O2S. The maximum Gasteiger partial charge on any atom is 0.235 e. The van der Waals surface area contributed by atoms with Gasteiger partial charge in [0.2, 0.25) is 10.0 Å². The van der Waals surface area contributed by atoms with Gasteiger partial charge in [0.05, 0.1) is 21.6 Å². The standard InChI is InChI=1S/C9H13ClN2O2S/c1-6(2)15(13,14)12-9-7(10)4-3-5-8(9)11/h3-6,12H,11H2,1-2H3. The van der Waals surface area contributed by atoms with Gasteiger partial charge in [-0.25, -0.2) is 8.42 Å². The lowest BCUT2D eigenvalue weighted by atomic mass is 10.3. The number of hydrogen-bond acceptors (Lipinski definition) is 3. The lowest BCUT2D eigenvalue weighted by molar-refractivity contribution is 0.593. The molecule has 0 atom stereocenters. The first-order chi connectivity index (χ1) is 6.84. The van der Waals surface area contributed by atoms with E-state index in [-0.39, 0.29) is 5.69 Å². The molecule has 3 N–H and O–H groups in total. The molecule has 84 valence electrons. The van der Waals surface area contributed by atoms with Crippen molar-refractivity contribution in [2.75, 3.05) is 10.5 Å². The minimum atomic E-state index is -3.41. The first-order valence-corrected chi connectivity index (χ1v) is 6.32. The average molecular weight is 249 g/mol. The Morgan fingerprint density at radius 1 is 1.40 bits per heavy atom. The third-order valence-corrected chi connectivity index (χ3v) is 3.96. The monoisotopic (exact) mass is 248 g/mol. The lowest BCUT2D eigenvalue weighted by Crippen LogP contribution is -2.23. The SMILES string of the molecule is CC(C)S(=O)(=O)Nc1c(N)cccc1Cl. The summed E-state index contributed by atoms with van der Waals surface area (Å²) in [6, 6.07) is 4.82. The molecule has 1 aromatic rings. The fraction of sp³-hybridized carbons (Fsp3) is 0.333. The zero-order valence-corrected chi connectivity index (χ0v) is 10.1. The highest BCUT2D eigenvalue weighted by molar-refractivity contribution is 7.93. The molecule has 0 amide bonds. The van der Waals surface area contributed by atoms with Crippen molar-refractivity contribution in [3.63, 3.8) is 0 Å². The minimum Gasteiger partial charge on any atom is -0.397 e. The molecule has 15 heavy (non-hydrogen) atoms. The minimum absolute atomic E-state index is 0.243. The topological polar surface area (TPSA) is 72.2 Å². The quantitative estimate of drug-likeness (QED) is 0.805. The van der Waals surface area contributed by atoms with Crippen molar-refractivity contribution in [1.29, 1.82) is 0 Å². The average Bonchev–Trinajstić information content (AvgIpc) is 2.11. The van der Waals surface area contributed by atoms with E-state index >= 15 is 0 Å². The molecule has 0 heterocycles. The summed E-state index contributed by atoms with van der Waals surface area (Å²) in [6.07, 6.45) is 0. The van der Waals surface area contributed by atoms with Crippen LogP contribution in [0.4, 0.5) is 11.4 Å². The van der Waals surface area contributed by atoms with Crippen LogP contribution in [-0.2, 0) is 10.0 Å². The smallest absolute Gasteiger partial charge is 0.235 e. The van der Waals surface area contributed by atoms with Crippen LogP contribution in [0.25, 0.3) is 0 Å². The van der Waals surface area contributed by atoms with Crippen LogP contribution in [0.3, 0.4) is 0 Å². The second kappa shape index (κ2) is 4.28. The molecule has 0 aromatic heterocycles. The number of nitrogen functional groups attached to an aromatic ring is 1. The Balaban J connectivity index is 3.11. The molecule has 0 bridgehead atoms. The van der Waals surface area contributed by atoms with E-state index < -0.39 is 15.3 Å². The van der Waals surface area contributed by atoms with Gasteiger partial charge in [-0.3, -0.25) is 4.72 Å². The number of hydrogen-bond donors (Lipinski definition) is 2. The van der Waals surface area contributed by atoms with Gasteiger partial charge in [0.25, 0.3) is 0 Å². The Kier molecular flexibility index (Phi) is 3.46. The van der Waals surface area contributed by atoms with Crippen LogP contribution in [0.2, 0.25) is 5.02 Å². The van der Waals surface area contributed by atoms with Crippen LogP contribution in [-0.4, -0.2) is 13.7 Å². The van der Waals surface area contributed by atoms with Crippen molar-refractivity contribution in [2.24, 2.45) is 0 Å². The third-order valence-electron chi connectivity index (χ3n) is 1.91. The predicted octanol–water partition coefficient (Wildman–Crippen LogP) is 2.07. The molecule has 0 unspecified atom stereocenters. The van der Waals surface area contributed by atoms with Gasteiger partial charge in [-0.1, -0.05) is 17.7 Å². The van der Waals surface area contributed by atoms with Crippen LogP contribution in [0.15, 0.2) is 18.2 Å². The first kappa shape index (κ1) is 12.1. The van der Waals surface area contributed by atoms with Gasteiger partial charge >= 0.3 is 0 Å². The van der Waals surface area contributed by atoms with Gasteiger partial charge in [0.1, 0.15) is 0 Å². The largest absolute Gasteiger partial charge is 0.397 e. The van der Waals surface area contributed by atoms with E-state index in [0.29, 0.717) is 10.7 Å². The van der Waals surface area contributed by atoms with Gasteiger partial charge in [-0.05, 0) is 26.0 Å². The van der Waals surface area contributed by atoms with Crippen LogP contribution >= 0.6 is 11.6 Å². The number of rotatable bonds is 3. The highest BCUT2D eigenvalue weighted by Crippen LogP contribution is 2.29. The van der Waals surface area contributed by atoms with Crippen molar-refractivity contribution >= 4 is 33.0 Å². The molecular weight excluding hydrogens is 236 g/mol. The first-order valence-electron chi connectivity index (χ1n) is 4.40. The Morgan fingerprint density at radius 3 is 2.47 bits per heavy atom. The number of sulfonamides is 1. The molecule has 0 saturated heterocycles. The Morgan fingerprint density at radius 2 is 2.00 bits per heavy atom. The van der Waals surface area contributed by atoms with Gasteiger partial charge < -0.3 is 5.73 Å². The molecule has 0 aliphatic rings. The molecule has 0 fully saturated rings. The van der Waals surface area contributed by atoms with E-state index in [2.05, 4.69) is 4.72 Å². The van der Waals surface area contributed by atoms with Crippen LogP contribution < -0.4 is 10.5 Å². The second-order valence-electron chi connectivity index (χ2n) is 3.40. The summed E-state index contributed by atoms with van der Waals surface area (Å²) < 4.78 is 25.5. The van der Waals surface area contributed by atoms with Crippen LogP contribution in [0.5, 0.6) is 0 Å². The summed E-state index contributed by atoms with van der Waals surface area (Å²) in [6.45, 7) is 3.16. The Labute approximate surface area is 94.5 Å². The molecule has 1 rings (SSSR count). The molecule has 4 nitrogen and oxygen atoms in total. The zero-order valence-electron chi connectivity index (χ0n) is 8.49. The third kappa shape index (κ3) is 2.76. The van der Waals surface area contributed by atoms with Crippen molar-refractivity contribution in [3.05, 3.63) is 23.2 Å². The van der Waals surface area contributed by atoms with E-state index in [4.69, 9.17) is 17.3 Å². The fourth-order valence-corrected chi connectivity index (χ4v) is 1.94. The highest BCUT2D eigenvalue weighted by Gasteiger charge is 2.18. The number of para-hydroxylation sites is 1. The summed E-state index contributed by atoms with van der Waals surface area (Å²) in [5, 5.41) is -0.243. The van der Waals surface area contributed by atoms with E-state index in [9.17, 15) is 8.42 Å². The number of anilines is 2. The molecule has 0 aliphatic heterocycles. The summed E-state index contributed by atoms with van der Waals surface area (Å²) >= 11 is 5.83. The maximum atomic E-state index is 11.6. The number of benzene rings is 1. The van der Waals surface area contributed by atoms with Crippen LogP contribution in [0.1, 0.15) is 13.8 Å². The summed E-state index contributed by atoms with van der Waals surface area (Å²) in [5.74, 6) is 0. The summed E-state index contributed by atoms with van der Waals surface area (Å²) in [7, 11) is -3.41. The Bertz CT molecular complexity index is 437. The zero-order chi connectivity index (χ0) is 11.6. The molecule has 6 heteroatoms. The van der Waals surface area contributed by atoms with Crippen LogP contribution in [0, 0.1) is 0 Å². The number of nitrogens with two attached hydrogens (primary N) is 1. The van der Waals surface area contributed by atoms with Gasteiger partial charge in [0, 0.05) is 0 Å². The maximum absolute atomic E-state index is 11.6. The van der Waals surface area contributed by atoms with Crippen molar-refractivity contribution in [1.82, 2.24) is 0 Å².